The standard InChI is InChI=1S/C14H14BrClN2O2/c1-8(9-3-4-13(20-2)11(15)5-9)18-14(19)12-6-10(16)7-17-12/h3-8,17H,1-2H3,(H,18,19). The Morgan fingerprint density at radius 1 is 1.45 bits per heavy atom. The molecule has 1 aromatic heterocycles. The first-order chi connectivity index (χ1) is 9.51. The van der Waals surface area contributed by atoms with Crippen LogP contribution in [0.15, 0.2) is 34.9 Å². The van der Waals surface area contributed by atoms with Gasteiger partial charge in [0, 0.05) is 6.20 Å². The van der Waals surface area contributed by atoms with E-state index in [1.54, 1.807) is 19.4 Å². The maximum absolute atomic E-state index is 12.0. The van der Waals surface area contributed by atoms with Crippen molar-refractivity contribution < 1.29 is 9.53 Å². The second-order valence-corrected chi connectivity index (χ2v) is 5.61. The lowest BCUT2D eigenvalue weighted by Gasteiger charge is -2.15. The van der Waals surface area contributed by atoms with Gasteiger partial charge in [-0.2, -0.15) is 0 Å². The van der Waals surface area contributed by atoms with Crippen LogP contribution in [-0.4, -0.2) is 18.0 Å². The Hall–Kier alpha value is -1.46. The smallest absolute Gasteiger partial charge is 0.268 e. The lowest BCUT2D eigenvalue weighted by molar-refractivity contribution is 0.0935. The fourth-order valence-corrected chi connectivity index (χ4v) is 2.53. The Morgan fingerprint density at radius 3 is 2.75 bits per heavy atom. The molecule has 0 saturated heterocycles. The number of aromatic nitrogens is 1. The van der Waals surface area contributed by atoms with Crippen molar-refractivity contribution in [2.45, 2.75) is 13.0 Å². The number of hydrogen-bond acceptors (Lipinski definition) is 2. The van der Waals surface area contributed by atoms with Crippen LogP contribution in [0.3, 0.4) is 0 Å². The third-order valence-corrected chi connectivity index (χ3v) is 3.75. The Morgan fingerprint density at radius 2 is 2.20 bits per heavy atom. The van der Waals surface area contributed by atoms with Crippen molar-refractivity contribution in [1.29, 1.82) is 0 Å². The zero-order chi connectivity index (χ0) is 14.7. The summed E-state index contributed by atoms with van der Waals surface area (Å²) in [6.07, 6.45) is 1.57. The monoisotopic (exact) mass is 356 g/mol. The summed E-state index contributed by atoms with van der Waals surface area (Å²) in [5.74, 6) is 0.555. The molecule has 6 heteroatoms. The first-order valence-electron chi connectivity index (χ1n) is 5.99. The fraction of sp³-hybridized carbons (Fsp3) is 0.214. The van der Waals surface area contributed by atoms with Gasteiger partial charge >= 0.3 is 0 Å². The van der Waals surface area contributed by atoms with Gasteiger partial charge < -0.3 is 15.0 Å². The summed E-state index contributed by atoms with van der Waals surface area (Å²) in [6, 6.07) is 7.15. The Balaban J connectivity index is 2.10. The number of carbonyl (C=O) groups excluding carboxylic acids is 1. The first kappa shape index (κ1) is 14.9. The highest BCUT2D eigenvalue weighted by atomic mass is 79.9. The molecule has 1 amide bonds. The third-order valence-electron chi connectivity index (χ3n) is 2.92. The molecule has 0 aliphatic heterocycles. The number of rotatable bonds is 4. The van der Waals surface area contributed by atoms with Crippen LogP contribution < -0.4 is 10.1 Å². The lowest BCUT2D eigenvalue weighted by atomic mass is 10.1. The predicted molar refractivity (Wildman–Crippen MR) is 82.4 cm³/mol. The minimum absolute atomic E-state index is 0.133. The summed E-state index contributed by atoms with van der Waals surface area (Å²) in [5.41, 5.74) is 1.41. The topological polar surface area (TPSA) is 54.1 Å². The second-order valence-electron chi connectivity index (χ2n) is 4.32. The molecule has 0 fully saturated rings. The Labute approximate surface area is 130 Å². The van der Waals surface area contributed by atoms with Crippen molar-refractivity contribution >= 4 is 33.4 Å². The highest BCUT2D eigenvalue weighted by Gasteiger charge is 2.14. The van der Waals surface area contributed by atoms with Crippen LogP contribution in [0.2, 0.25) is 5.02 Å². The number of benzene rings is 1. The quantitative estimate of drug-likeness (QED) is 0.871. The van der Waals surface area contributed by atoms with E-state index in [0.717, 1.165) is 15.8 Å². The molecule has 2 aromatic rings. The van der Waals surface area contributed by atoms with E-state index >= 15 is 0 Å². The molecule has 0 spiro atoms. The first-order valence-corrected chi connectivity index (χ1v) is 7.16. The summed E-state index contributed by atoms with van der Waals surface area (Å²) >= 11 is 9.21. The summed E-state index contributed by atoms with van der Waals surface area (Å²) in [5, 5.41) is 3.41. The predicted octanol–water partition coefficient (Wildman–Crippen LogP) is 3.93. The van der Waals surface area contributed by atoms with E-state index < -0.39 is 0 Å². The second kappa shape index (κ2) is 6.33. The number of halogens is 2. The summed E-state index contributed by atoms with van der Waals surface area (Å²) < 4.78 is 6.03. The van der Waals surface area contributed by atoms with Crippen LogP contribution >= 0.6 is 27.5 Å². The highest BCUT2D eigenvalue weighted by Crippen LogP contribution is 2.28. The average molecular weight is 358 g/mol. The number of aromatic amines is 1. The molecule has 1 atom stereocenters. The number of hydrogen-bond donors (Lipinski definition) is 2. The molecule has 1 heterocycles. The fourth-order valence-electron chi connectivity index (χ4n) is 1.81. The van der Waals surface area contributed by atoms with Crippen molar-refractivity contribution in [1.82, 2.24) is 10.3 Å². The van der Waals surface area contributed by atoms with Gasteiger partial charge in [0.15, 0.2) is 0 Å². The molecule has 0 bridgehead atoms. The van der Waals surface area contributed by atoms with Crippen molar-refractivity contribution in [3.05, 3.63) is 51.2 Å². The molecule has 0 aliphatic rings. The van der Waals surface area contributed by atoms with E-state index in [-0.39, 0.29) is 11.9 Å². The largest absolute Gasteiger partial charge is 0.496 e. The third kappa shape index (κ3) is 3.35. The van der Waals surface area contributed by atoms with Crippen LogP contribution in [0, 0.1) is 0 Å². The minimum Gasteiger partial charge on any atom is -0.496 e. The number of methoxy groups -OCH3 is 1. The molecular weight excluding hydrogens is 344 g/mol. The van der Waals surface area contributed by atoms with Crippen LogP contribution in [0.1, 0.15) is 29.0 Å². The SMILES string of the molecule is COc1ccc(C(C)NC(=O)c2cc(Cl)c[nH]2)cc1Br. The van der Waals surface area contributed by atoms with Gasteiger partial charge in [0.2, 0.25) is 0 Å². The normalized spacial score (nSPS) is 12.0. The Kier molecular flexibility index (Phi) is 4.73. The van der Waals surface area contributed by atoms with E-state index in [4.69, 9.17) is 16.3 Å². The molecule has 1 aromatic carbocycles. The molecule has 106 valence electrons. The van der Waals surface area contributed by atoms with Crippen molar-refractivity contribution in [3.8, 4) is 5.75 Å². The van der Waals surface area contributed by atoms with Crippen molar-refractivity contribution in [2.24, 2.45) is 0 Å². The molecule has 0 aliphatic carbocycles. The minimum atomic E-state index is -0.198. The summed E-state index contributed by atoms with van der Waals surface area (Å²) in [4.78, 5) is 14.8. The maximum atomic E-state index is 12.0. The molecule has 2 N–H and O–H groups in total. The van der Waals surface area contributed by atoms with Gasteiger partial charge in [-0.15, -0.1) is 0 Å². The van der Waals surface area contributed by atoms with Crippen LogP contribution in [-0.2, 0) is 0 Å². The van der Waals surface area contributed by atoms with Crippen LogP contribution in [0.5, 0.6) is 5.75 Å². The number of amides is 1. The van der Waals surface area contributed by atoms with Gasteiger partial charge in [-0.05, 0) is 46.6 Å². The van der Waals surface area contributed by atoms with Gasteiger partial charge in [0.25, 0.3) is 5.91 Å². The van der Waals surface area contributed by atoms with E-state index in [0.29, 0.717) is 10.7 Å². The van der Waals surface area contributed by atoms with E-state index in [1.807, 2.05) is 25.1 Å². The zero-order valence-electron chi connectivity index (χ0n) is 11.0. The number of carbonyl (C=O) groups is 1. The molecule has 0 radical (unpaired) electrons. The maximum Gasteiger partial charge on any atom is 0.268 e. The molecule has 4 nitrogen and oxygen atoms in total. The molecule has 20 heavy (non-hydrogen) atoms. The Bertz CT molecular complexity index is 627. The number of H-pyrrole nitrogens is 1. The van der Waals surface area contributed by atoms with Gasteiger partial charge in [0.05, 0.1) is 22.6 Å². The molecule has 2 rings (SSSR count). The average Bonchev–Trinajstić information content (AvgIpc) is 2.85. The summed E-state index contributed by atoms with van der Waals surface area (Å²) in [6.45, 7) is 1.91. The van der Waals surface area contributed by atoms with E-state index in [1.165, 1.54) is 0 Å². The van der Waals surface area contributed by atoms with Crippen LogP contribution in [0.4, 0.5) is 0 Å². The van der Waals surface area contributed by atoms with Gasteiger partial charge in [-0.25, -0.2) is 0 Å². The van der Waals surface area contributed by atoms with Crippen LogP contribution in [0.25, 0.3) is 0 Å². The van der Waals surface area contributed by atoms with Gasteiger partial charge in [-0.1, -0.05) is 17.7 Å². The molecule has 0 saturated carbocycles. The van der Waals surface area contributed by atoms with E-state index in [2.05, 4.69) is 26.2 Å². The van der Waals surface area contributed by atoms with E-state index in [9.17, 15) is 4.79 Å². The lowest BCUT2D eigenvalue weighted by Crippen LogP contribution is -2.26. The van der Waals surface area contributed by atoms with Crippen molar-refractivity contribution in [3.63, 3.8) is 0 Å². The van der Waals surface area contributed by atoms with Crippen molar-refractivity contribution in [2.75, 3.05) is 7.11 Å². The highest BCUT2D eigenvalue weighted by molar-refractivity contribution is 9.10. The molecule has 1 unspecified atom stereocenters. The zero-order valence-corrected chi connectivity index (χ0v) is 13.4. The van der Waals surface area contributed by atoms with Gasteiger partial charge in [0.1, 0.15) is 11.4 Å². The summed E-state index contributed by atoms with van der Waals surface area (Å²) in [7, 11) is 1.61. The number of ether oxygens (including phenoxy) is 1. The molecular formula is C14H14BrClN2O2. The number of nitrogens with one attached hydrogen (secondary N) is 2. The van der Waals surface area contributed by atoms with Gasteiger partial charge in [-0.3, -0.25) is 4.79 Å².